The van der Waals surface area contributed by atoms with E-state index in [1.54, 1.807) is 24.3 Å². The Labute approximate surface area is 218 Å². The van der Waals surface area contributed by atoms with Gasteiger partial charge in [-0.05, 0) is 55.3 Å². The third-order valence-corrected chi connectivity index (χ3v) is 13.4. The molecule has 0 aliphatic rings. The lowest BCUT2D eigenvalue weighted by Gasteiger charge is -2.30. The van der Waals surface area contributed by atoms with E-state index in [0.717, 1.165) is 0 Å². The van der Waals surface area contributed by atoms with Crippen LogP contribution in [0.15, 0.2) is 124 Å². The van der Waals surface area contributed by atoms with Crippen molar-refractivity contribution in [1.82, 2.24) is 0 Å². The SMILES string of the molecule is C=C=CCCC(C#N)(CC(S(=O)(=O)c1ccccc1)S(=O)(=O)c1ccccc1)S(=O)(=O)c1ccccc1. The lowest BCUT2D eigenvalue weighted by atomic mass is 10.0. The largest absolute Gasteiger partial charge is 0.222 e. The van der Waals surface area contributed by atoms with Crippen molar-refractivity contribution >= 4 is 29.5 Å². The summed E-state index contributed by atoms with van der Waals surface area (Å²) in [6.45, 7) is 3.44. The molecule has 0 N–H and O–H groups in total. The molecule has 0 saturated heterocycles. The minimum Gasteiger partial charge on any atom is -0.222 e. The molecule has 7 nitrogen and oxygen atoms in total. The predicted molar refractivity (Wildman–Crippen MR) is 141 cm³/mol. The second kappa shape index (κ2) is 11.3. The molecule has 3 aromatic rings. The van der Waals surface area contributed by atoms with E-state index in [1.165, 1.54) is 78.9 Å². The molecule has 192 valence electrons. The highest BCUT2D eigenvalue weighted by Gasteiger charge is 2.52. The molecular weight excluding hydrogens is 530 g/mol. The molecule has 3 aromatic carbocycles. The van der Waals surface area contributed by atoms with Gasteiger partial charge in [0, 0.05) is 6.42 Å². The Kier molecular flexibility index (Phi) is 8.57. The number of nitrogens with zero attached hydrogens (tertiary/aromatic N) is 1. The van der Waals surface area contributed by atoms with Crippen LogP contribution in [0.2, 0.25) is 0 Å². The molecule has 10 heteroatoms. The molecule has 3 rings (SSSR count). The van der Waals surface area contributed by atoms with E-state index >= 15 is 0 Å². The standard InChI is InChI=1S/C27H25NO6S3/c1-2-3-13-20-27(22-28,37(33,34)25-18-11-6-12-19-25)21-26(35(29,30)23-14-7-4-8-15-23)36(31,32)24-16-9-5-10-17-24/h3-12,14-19,26H,1,13,20-21H2. The molecular formula is C27H25NO6S3. The van der Waals surface area contributed by atoms with Gasteiger partial charge in [0.15, 0.2) is 38.8 Å². The van der Waals surface area contributed by atoms with Gasteiger partial charge in [-0.25, -0.2) is 25.3 Å². The van der Waals surface area contributed by atoms with Crippen LogP contribution in [-0.2, 0) is 29.5 Å². The maximum Gasteiger partial charge on any atom is 0.197 e. The lowest BCUT2D eigenvalue weighted by molar-refractivity contribution is 0.513. The first kappa shape index (κ1) is 28.1. The molecule has 0 radical (unpaired) electrons. The summed E-state index contributed by atoms with van der Waals surface area (Å²) >= 11 is 0. The van der Waals surface area contributed by atoms with Gasteiger partial charge in [-0.3, -0.25) is 0 Å². The van der Waals surface area contributed by atoms with Gasteiger partial charge in [0.05, 0.1) is 20.8 Å². The maximum absolute atomic E-state index is 13.9. The van der Waals surface area contributed by atoms with Gasteiger partial charge in [0.1, 0.15) is 0 Å². The fourth-order valence-corrected chi connectivity index (χ4v) is 10.7. The first-order valence-corrected chi connectivity index (χ1v) is 15.7. The van der Waals surface area contributed by atoms with Gasteiger partial charge in [-0.15, -0.1) is 5.73 Å². The number of hydrogen-bond donors (Lipinski definition) is 0. The van der Waals surface area contributed by atoms with E-state index in [9.17, 15) is 30.5 Å². The average Bonchev–Trinajstić information content (AvgIpc) is 2.92. The van der Waals surface area contributed by atoms with E-state index < -0.39 is 45.3 Å². The van der Waals surface area contributed by atoms with Crippen LogP contribution in [-0.4, -0.2) is 34.6 Å². The first-order valence-electron chi connectivity index (χ1n) is 11.2. The normalized spacial score (nSPS) is 13.7. The van der Waals surface area contributed by atoms with Crippen molar-refractivity contribution in [1.29, 1.82) is 5.26 Å². The summed E-state index contributed by atoms with van der Waals surface area (Å²) < 4.78 is 78.4. The molecule has 0 aliphatic carbocycles. The molecule has 37 heavy (non-hydrogen) atoms. The minimum absolute atomic E-state index is 0.00656. The molecule has 0 amide bonds. The van der Waals surface area contributed by atoms with Crippen molar-refractivity contribution in [3.8, 4) is 6.07 Å². The van der Waals surface area contributed by atoms with Gasteiger partial charge in [0.2, 0.25) is 0 Å². The summed E-state index contributed by atoms with van der Waals surface area (Å²) in [5, 5.41) is 10.3. The molecule has 0 aromatic heterocycles. The second-order valence-electron chi connectivity index (χ2n) is 8.22. The van der Waals surface area contributed by atoms with E-state index in [-0.39, 0.29) is 27.5 Å². The molecule has 1 atom stereocenters. The van der Waals surface area contributed by atoms with Crippen LogP contribution >= 0.6 is 0 Å². The van der Waals surface area contributed by atoms with Gasteiger partial charge < -0.3 is 0 Å². The average molecular weight is 556 g/mol. The monoisotopic (exact) mass is 555 g/mol. The molecule has 0 saturated carbocycles. The predicted octanol–water partition coefficient (Wildman–Crippen LogP) is 4.51. The summed E-state index contributed by atoms with van der Waals surface area (Å²) in [7, 11) is -13.9. The second-order valence-corrected chi connectivity index (χ2v) is 15.0. The van der Waals surface area contributed by atoms with Crippen LogP contribution in [0.3, 0.4) is 0 Å². The van der Waals surface area contributed by atoms with Crippen LogP contribution in [0, 0.1) is 11.3 Å². The molecule has 0 spiro atoms. The van der Waals surface area contributed by atoms with Crippen LogP contribution in [0.1, 0.15) is 19.3 Å². The van der Waals surface area contributed by atoms with Crippen LogP contribution < -0.4 is 0 Å². The van der Waals surface area contributed by atoms with Gasteiger partial charge in [-0.1, -0.05) is 61.2 Å². The van der Waals surface area contributed by atoms with Crippen LogP contribution in [0.25, 0.3) is 0 Å². The Morgan fingerprint density at radius 3 is 1.51 bits per heavy atom. The Morgan fingerprint density at radius 1 is 0.730 bits per heavy atom. The number of allylic oxidation sites excluding steroid dienone is 1. The number of rotatable bonds is 11. The van der Waals surface area contributed by atoms with Crippen molar-refractivity contribution < 1.29 is 25.3 Å². The minimum atomic E-state index is -4.66. The summed E-state index contributed by atoms with van der Waals surface area (Å²) in [4.78, 5) is -0.809. The smallest absolute Gasteiger partial charge is 0.197 e. The summed E-state index contributed by atoms with van der Waals surface area (Å²) in [5.74, 6) is 0. The summed E-state index contributed by atoms with van der Waals surface area (Å²) in [5.41, 5.74) is 2.51. The highest BCUT2D eigenvalue weighted by Crippen LogP contribution is 2.39. The topological polar surface area (TPSA) is 126 Å². The van der Waals surface area contributed by atoms with Crippen molar-refractivity contribution in [3.63, 3.8) is 0 Å². The highest BCUT2D eigenvalue weighted by atomic mass is 32.3. The molecule has 1 unspecified atom stereocenters. The fourth-order valence-electron chi connectivity index (χ4n) is 3.92. The maximum atomic E-state index is 13.9. The zero-order valence-electron chi connectivity index (χ0n) is 19.8. The summed E-state index contributed by atoms with van der Waals surface area (Å²) in [6.07, 6.45) is 0.0557. The number of benzene rings is 3. The molecule has 0 bridgehead atoms. The Bertz CT molecular complexity index is 1570. The number of sulfone groups is 3. The van der Waals surface area contributed by atoms with Crippen molar-refractivity contribution in [3.05, 3.63) is 109 Å². The van der Waals surface area contributed by atoms with Gasteiger partial charge in [-0.2, -0.15) is 5.26 Å². The molecule has 0 heterocycles. The van der Waals surface area contributed by atoms with E-state index in [0.29, 0.717) is 0 Å². The van der Waals surface area contributed by atoms with Crippen LogP contribution in [0.5, 0.6) is 0 Å². The number of hydrogen-bond acceptors (Lipinski definition) is 7. The zero-order chi connectivity index (χ0) is 27.2. The Morgan fingerprint density at radius 2 is 1.14 bits per heavy atom. The van der Waals surface area contributed by atoms with E-state index in [4.69, 9.17) is 0 Å². The van der Waals surface area contributed by atoms with Crippen molar-refractivity contribution in [2.45, 2.75) is 43.3 Å². The third kappa shape index (κ3) is 5.60. The van der Waals surface area contributed by atoms with Gasteiger partial charge in [0.25, 0.3) is 0 Å². The third-order valence-electron chi connectivity index (χ3n) is 5.94. The van der Waals surface area contributed by atoms with E-state index in [2.05, 4.69) is 12.3 Å². The fraction of sp³-hybridized carbons (Fsp3) is 0.185. The Balaban J connectivity index is 2.31. The summed E-state index contributed by atoms with van der Waals surface area (Å²) in [6, 6.07) is 22.8. The lowest BCUT2D eigenvalue weighted by Crippen LogP contribution is -2.45. The van der Waals surface area contributed by atoms with Gasteiger partial charge >= 0.3 is 0 Å². The quantitative estimate of drug-likeness (QED) is 0.319. The molecule has 0 fully saturated rings. The van der Waals surface area contributed by atoms with Crippen molar-refractivity contribution in [2.75, 3.05) is 0 Å². The van der Waals surface area contributed by atoms with Crippen molar-refractivity contribution in [2.24, 2.45) is 0 Å². The molecule has 0 aliphatic heterocycles. The van der Waals surface area contributed by atoms with E-state index in [1.807, 2.05) is 0 Å². The zero-order valence-corrected chi connectivity index (χ0v) is 22.2. The van der Waals surface area contributed by atoms with Crippen LogP contribution in [0.4, 0.5) is 0 Å². The number of nitriles is 1. The Hall–Kier alpha value is -3.48. The first-order chi connectivity index (χ1) is 17.5. The highest BCUT2D eigenvalue weighted by molar-refractivity contribution is 8.09.